The second kappa shape index (κ2) is 37.3. The predicted molar refractivity (Wildman–Crippen MR) is 308 cm³/mol. The van der Waals surface area contributed by atoms with Gasteiger partial charge in [0.05, 0.1) is 24.2 Å². The van der Waals surface area contributed by atoms with E-state index in [-0.39, 0.29) is 56.9 Å². The van der Waals surface area contributed by atoms with E-state index >= 15 is 0 Å². The van der Waals surface area contributed by atoms with Crippen LogP contribution in [-0.4, -0.2) is 79.5 Å². The maximum Gasteiger partial charge on any atom is 0.368 e. The molecule has 0 aliphatic heterocycles. The molecule has 0 fully saturated rings. The Morgan fingerprint density at radius 1 is 0.429 bits per heavy atom. The van der Waals surface area contributed by atoms with Crippen LogP contribution in [-0.2, 0) is 107 Å². The molecule has 0 heterocycles. The number of quaternary nitrogens is 1. The van der Waals surface area contributed by atoms with Crippen LogP contribution in [0.1, 0.15) is 51.8 Å². The molecule has 7 aromatic rings. The smallest absolute Gasteiger partial charge is 0.368 e. The first kappa shape index (κ1) is 66.7. The Morgan fingerprint density at radius 3 is 1.05 bits per heavy atom. The molecule has 0 spiro atoms. The molecule has 0 aliphatic carbocycles. The lowest BCUT2D eigenvalue weighted by atomic mass is 10.2. The average Bonchev–Trinajstić information content (AvgIpc) is 3.64. The Kier molecular flexibility index (Phi) is 29.6. The van der Waals surface area contributed by atoms with E-state index in [1.807, 2.05) is 91.9 Å². The van der Waals surface area contributed by atoms with Crippen LogP contribution >= 0.6 is 0 Å². The Labute approximate surface area is 488 Å². The quantitative estimate of drug-likeness (QED) is 0.0227. The molecule has 7 aromatic carbocycles. The van der Waals surface area contributed by atoms with Crippen molar-refractivity contribution >= 4 is 52.0 Å². The number of urea groups is 1. The summed E-state index contributed by atoms with van der Waals surface area (Å²) in [5, 5.41) is 4.77. The molecule has 0 aromatic heterocycles. The molecule has 440 valence electrons. The molecule has 7 rings (SSSR count). The monoisotopic (exact) mass is 1170 g/mol. The Bertz CT molecular complexity index is 3100. The van der Waals surface area contributed by atoms with E-state index in [9.17, 15) is 46.5 Å². The van der Waals surface area contributed by atoms with Crippen molar-refractivity contribution in [1.29, 1.82) is 0 Å². The molecule has 0 saturated heterocycles. The number of carbonyl (C=O) groups is 7. The van der Waals surface area contributed by atoms with Crippen LogP contribution in [0.5, 0.6) is 0 Å². The van der Waals surface area contributed by atoms with Gasteiger partial charge in [-0.15, -0.1) is 13.2 Å². The summed E-state index contributed by atoms with van der Waals surface area (Å²) in [6, 6.07) is 55.3. The highest BCUT2D eigenvalue weighted by molar-refractivity contribution is 7.85. The highest BCUT2D eigenvalue weighted by Gasteiger charge is 2.31. The zero-order valence-corrected chi connectivity index (χ0v) is 47.1. The van der Waals surface area contributed by atoms with Crippen molar-refractivity contribution in [1.82, 2.24) is 10.6 Å². The Balaban J connectivity index is 0.000000343. The molecule has 0 saturated carbocycles. The molecular formula is C64H67N3O16S. The lowest BCUT2D eigenvalue weighted by Gasteiger charge is -2.21. The first-order valence-corrected chi connectivity index (χ1v) is 27.5. The summed E-state index contributed by atoms with van der Waals surface area (Å²) < 4.78 is 62.8. The van der Waals surface area contributed by atoms with Gasteiger partial charge in [0.15, 0.2) is 6.61 Å². The van der Waals surface area contributed by atoms with Crippen molar-refractivity contribution in [2.24, 2.45) is 0 Å². The topological polar surface area (TPSA) is 284 Å². The van der Waals surface area contributed by atoms with Gasteiger partial charge in [0.25, 0.3) is 0 Å². The van der Waals surface area contributed by atoms with E-state index in [1.165, 1.54) is 12.1 Å². The van der Waals surface area contributed by atoms with Gasteiger partial charge in [0.1, 0.15) is 55.2 Å². The number of nitrogens with one attached hydrogen (secondary N) is 2. The second-order valence-corrected chi connectivity index (χ2v) is 19.4. The van der Waals surface area contributed by atoms with Crippen LogP contribution < -0.4 is 16.4 Å². The third-order valence-corrected chi connectivity index (χ3v) is 12.2. The summed E-state index contributed by atoms with van der Waals surface area (Å²) in [4.78, 5) is 88.2. The Hall–Kier alpha value is -9.76. The molecule has 2 amide bonds. The van der Waals surface area contributed by atoms with Crippen LogP contribution in [0.4, 0.5) is 4.79 Å². The van der Waals surface area contributed by atoms with Gasteiger partial charge < -0.3 is 49.3 Å². The van der Waals surface area contributed by atoms with Gasteiger partial charge >= 0.3 is 41.8 Å². The molecule has 3 atom stereocenters. The fourth-order valence-electron chi connectivity index (χ4n) is 6.96. The average molecular weight is 1170 g/mol. The number of aryl methyl sites for hydroxylation is 1. The summed E-state index contributed by atoms with van der Waals surface area (Å²) in [7, 11) is -4.27. The fourth-order valence-corrected chi connectivity index (χ4v) is 7.43. The molecule has 0 radical (unpaired) electrons. The molecule has 84 heavy (non-hydrogen) atoms. The van der Waals surface area contributed by atoms with Gasteiger partial charge in [-0.05, 0) is 52.4 Å². The van der Waals surface area contributed by atoms with Gasteiger partial charge in [-0.3, -0.25) is 14.4 Å². The van der Waals surface area contributed by atoms with Gasteiger partial charge in [0, 0.05) is 0 Å². The number of carbonyl (C=O) groups excluding carboxylic acids is 7. The van der Waals surface area contributed by atoms with Gasteiger partial charge in [-0.2, -0.15) is 0 Å². The molecule has 0 aliphatic rings. The first-order chi connectivity index (χ1) is 40.5. The van der Waals surface area contributed by atoms with E-state index < -0.39 is 77.0 Å². The normalized spacial score (nSPS) is 11.4. The molecule has 5 N–H and O–H groups in total. The minimum absolute atomic E-state index is 0.0436. The first-order valence-electron chi connectivity index (χ1n) is 26.1. The molecular weight excluding hydrogens is 1100 g/mol. The Morgan fingerprint density at radius 2 is 0.726 bits per heavy atom. The molecule has 20 heteroatoms. The van der Waals surface area contributed by atoms with Gasteiger partial charge in [-0.1, -0.05) is 200 Å². The van der Waals surface area contributed by atoms with E-state index in [1.54, 1.807) is 109 Å². The molecule has 19 nitrogen and oxygen atoms in total. The highest BCUT2D eigenvalue weighted by atomic mass is 32.2. The number of hydrogen-bond acceptors (Lipinski definition) is 16. The lowest BCUT2D eigenvalue weighted by molar-refractivity contribution is -0.413. The standard InChI is InChI=1S/C37H36N2O9.C18H19NO4.C7H8O3S.C2H4/c40-33(45-23-27-13-5-1-6-14-27)21-31(35(42)47-25-29-17-9-3-10-18-29)38-37(44)39-32(36(43)48-26-30-19-11-4-12-20-30)22-34(41)46-24-28-15-7-2-8-16-28;19-16(18(21)23-12-15-9-5-2-6-10-15)13-22-17(20)11-14-7-3-1-4-8-14;1-6-2-4-7(5-3-6)11(8,9)10;1-2/h1-20,31-32H,21-26H2,(H2,38,39,44);1-10,16H,11-13,19H2;2-5H,1H3,(H,8,9,10);1-2H2/t31-,32-;16-;;/m00../s1. The predicted octanol–water partition coefficient (Wildman–Crippen LogP) is 7.60. The van der Waals surface area contributed by atoms with Crippen molar-refractivity contribution in [3.8, 4) is 0 Å². The van der Waals surface area contributed by atoms with Crippen LogP contribution in [0.25, 0.3) is 0 Å². The minimum atomic E-state index is -4.27. The maximum atomic E-state index is 13.2. The number of amides is 2. The summed E-state index contributed by atoms with van der Waals surface area (Å²) >= 11 is 0. The van der Waals surface area contributed by atoms with Crippen molar-refractivity contribution in [2.45, 2.75) is 82.2 Å². The fraction of sp³-hybridized carbons (Fsp3) is 0.203. The summed E-state index contributed by atoms with van der Waals surface area (Å²) in [5.74, 6) is -4.23. The third-order valence-electron chi connectivity index (χ3n) is 11.4. The van der Waals surface area contributed by atoms with Crippen LogP contribution in [0, 0.1) is 6.92 Å². The summed E-state index contributed by atoms with van der Waals surface area (Å²) in [5.41, 5.74) is 9.21. The van der Waals surface area contributed by atoms with Crippen molar-refractivity contribution in [3.05, 3.63) is 258 Å². The van der Waals surface area contributed by atoms with Crippen LogP contribution in [0.15, 0.2) is 224 Å². The van der Waals surface area contributed by atoms with Gasteiger partial charge in [-0.25, -0.2) is 27.6 Å². The zero-order chi connectivity index (χ0) is 61.0. The van der Waals surface area contributed by atoms with Crippen LogP contribution in [0.2, 0.25) is 0 Å². The van der Waals surface area contributed by atoms with Crippen molar-refractivity contribution in [2.75, 3.05) is 6.61 Å². The van der Waals surface area contributed by atoms with E-state index in [2.05, 4.69) is 29.5 Å². The van der Waals surface area contributed by atoms with Crippen LogP contribution in [0.3, 0.4) is 0 Å². The third kappa shape index (κ3) is 27.1. The number of benzene rings is 7. The van der Waals surface area contributed by atoms with E-state index in [4.69, 9.17) is 28.4 Å². The summed E-state index contributed by atoms with van der Waals surface area (Å²) in [6.07, 6.45) is -0.946. The van der Waals surface area contributed by atoms with Gasteiger partial charge in [0.2, 0.25) is 6.04 Å². The highest BCUT2D eigenvalue weighted by Crippen LogP contribution is 2.12. The SMILES string of the molecule is C=C.Cc1ccc(S(=O)(=O)[O-])cc1.O=C(N[C@@H](CC(=O)OCc1ccccc1)C(=O)OCc1ccccc1)N[C@@H](CC(=O)OCc1ccccc1)C(=O)OCc1ccccc1.[NH3+][C@@H](COC(=O)Cc1ccccc1)C(=O)OCc1ccccc1. The number of ether oxygens (including phenoxy) is 6. The summed E-state index contributed by atoms with van der Waals surface area (Å²) in [6.45, 7) is 7.61. The number of rotatable bonds is 24. The molecule has 0 unspecified atom stereocenters. The van der Waals surface area contributed by atoms with E-state index in [0.29, 0.717) is 11.1 Å². The minimum Gasteiger partial charge on any atom is -0.744 e. The molecule has 0 bridgehead atoms. The van der Waals surface area contributed by atoms with Crippen molar-refractivity contribution < 1.29 is 80.7 Å². The van der Waals surface area contributed by atoms with Crippen molar-refractivity contribution in [3.63, 3.8) is 0 Å². The maximum absolute atomic E-state index is 13.2. The number of hydrogen-bond donors (Lipinski definition) is 3. The largest absolute Gasteiger partial charge is 0.744 e. The van der Waals surface area contributed by atoms with E-state index in [0.717, 1.165) is 27.8 Å². The lowest BCUT2D eigenvalue weighted by Crippen LogP contribution is -2.67. The zero-order valence-electron chi connectivity index (χ0n) is 46.3. The number of esters is 6. The second-order valence-electron chi connectivity index (χ2n) is 18.0.